The third kappa shape index (κ3) is 3.25. The van der Waals surface area contributed by atoms with Gasteiger partial charge < -0.3 is 4.90 Å². The van der Waals surface area contributed by atoms with Gasteiger partial charge in [-0.15, -0.1) is 0 Å². The Morgan fingerprint density at radius 3 is 2.69 bits per heavy atom. The summed E-state index contributed by atoms with van der Waals surface area (Å²) in [6.07, 6.45) is 6.52. The Labute approximate surface area is 151 Å². The fraction of sp³-hybridized carbons (Fsp3) is 0.238. The zero-order valence-corrected chi connectivity index (χ0v) is 14.4. The summed E-state index contributed by atoms with van der Waals surface area (Å²) in [6.45, 7) is 0.715. The van der Waals surface area contributed by atoms with Crippen LogP contribution in [-0.4, -0.2) is 27.1 Å². The number of carbonyl (C=O) groups is 1. The van der Waals surface area contributed by atoms with Crippen molar-refractivity contribution in [1.29, 1.82) is 0 Å². The maximum Gasteiger partial charge on any atom is 0.254 e. The van der Waals surface area contributed by atoms with Crippen molar-refractivity contribution in [3.8, 4) is 5.69 Å². The molecule has 4 nitrogen and oxygen atoms in total. The Kier molecular flexibility index (Phi) is 4.52. The summed E-state index contributed by atoms with van der Waals surface area (Å²) in [6, 6.07) is 15.8. The molecule has 4 rings (SSSR count). The summed E-state index contributed by atoms with van der Waals surface area (Å²) >= 11 is 0. The third-order valence-electron chi connectivity index (χ3n) is 4.88. The lowest BCUT2D eigenvalue weighted by molar-refractivity contribution is 0.0611. The van der Waals surface area contributed by atoms with Crippen molar-refractivity contribution >= 4 is 5.91 Å². The zero-order valence-electron chi connectivity index (χ0n) is 14.4. The second kappa shape index (κ2) is 7.12. The molecule has 1 aliphatic rings. The molecule has 1 atom stereocenters. The van der Waals surface area contributed by atoms with Crippen molar-refractivity contribution < 1.29 is 9.18 Å². The SMILES string of the molecule is O=C(c1cccc(-n2cccn2)c1)N1CCCCC1c1ccc(F)cc1. The average molecular weight is 349 g/mol. The van der Waals surface area contributed by atoms with E-state index in [2.05, 4.69) is 5.10 Å². The van der Waals surface area contributed by atoms with Gasteiger partial charge in [-0.2, -0.15) is 5.10 Å². The van der Waals surface area contributed by atoms with Crippen LogP contribution in [0.5, 0.6) is 0 Å². The highest BCUT2D eigenvalue weighted by molar-refractivity contribution is 5.95. The van der Waals surface area contributed by atoms with Gasteiger partial charge in [0, 0.05) is 24.5 Å². The Bertz CT molecular complexity index is 890. The molecule has 1 fully saturated rings. The van der Waals surface area contributed by atoms with Gasteiger partial charge in [0.05, 0.1) is 11.7 Å². The van der Waals surface area contributed by atoms with Gasteiger partial charge >= 0.3 is 0 Å². The molecular weight excluding hydrogens is 329 g/mol. The van der Waals surface area contributed by atoms with Crippen molar-refractivity contribution in [3.63, 3.8) is 0 Å². The van der Waals surface area contributed by atoms with Gasteiger partial charge in [-0.25, -0.2) is 9.07 Å². The number of amides is 1. The van der Waals surface area contributed by atoms with Crippen molar-refractivity contribution in [2.45, 2.75) is 25.3 Å². The molecule has 0 spiro atoms. The third-order valence-corrected chi connectivity index (χ3v) is 4.88. The number of hydrogen-bond donors (Lipinski definition) is 0. The smallest absolute Gasteiger partial charge is 0.254 e. The molecule has 1 aliphatic heterocycles. The standard InChI is InChI=1S/C21H20FN3O/c22-18-10-8-16(9-11-18)20-7-1-2-13-24(20)21(26)17-5-3-6-19(15-17)25-14-4-12-23-25/h3-6,8-12,14-15,20H,1-2,7,13H2. The highest BCUT2D eigenvalue weighted by Crippen LogP contribution is 2.32. The van der Waals surface area contributed by atoms with Crippen LogP contribution in [0.2, 0.25) is 0 Å². The molecule has 0 radical (unpaired) electrons. The van der Waals surface area contributed by atoms with Crippen molar-refractivity contribution in [1.82, 2.24) is 14.7 Å². The molecule has 5 heteroatoms. The van der Waals surface area contributed by atoms with E-state index in [4.69, 9.17) is 0 Å². The minimum atomic E-state index is -0.255. The van der Waals surface area contributed by atoms with E-state index >= 15 is 0 Å². The van der Waals surface area contributed by atoms with E-state index in [0.29, 0.717) is 12.1 Å². The van der Waals surface area contributed by atoms with Gasteiger partial charge in [0.15, 0.2) is 0 Å². The number of benzene rings is 2. The number of nitrogens with zero attached hydrogens (tertiary/aromatic N) is 3. The van der Waals surface area contributed by atoms with E-state index in [1.807, 2.05) is 41.4 Å². The monoisotopic (exact) mass is 349 g/mol. The molecule has 3 aromatic rings. The Hall–Kier alpha value is -2.95. The lowest BCUT2D eigenvalue weighted by Gasteiger charge is -2.36. The number of piperidine rings is 1. The highest BCUT2D eigenvalue weighted by Gasteiger charge is 2.28. The highest BCUT2D eigenvalue weighted by atomic mass is 19.1. The van der Waals surface area contributed by atoms with Crippen LogP contribution in [0, 0.1) is 5.82 Å². The van der Waals surface area contributed by atoms with Crippen LogP contribution < -0.4 is 0 Å². The van der Waals surface area contributed by atoms with E-state index in [1.165, 1.54) is 12.1 Å². The predicted octanol–water partition coefficient (Wildman–Crippen LogP) is 4.38. The minimum absolute atomic E-state index is 0.00744. The summed E-state index contributed by atoms with van der Waals surface area (Å²) in [5.41, 5.74) is 2.49. The first kappa shape index (κ1) is 16.5. The topological polar surface area (TPSA) is 38.1 Å². The van der Waals surface area contributed by atoms with Crippen molar-refractivity contribution in [2.75, 3.05) is 6.54 Å². The predicted molar refractivity (Wildman–Crippen MR) is 97.6 cm³/mol. The zero-order chi connectivity index (χ0) is 17.9. The second-order valence-electron chi connectivity index (χ2n) is 6.56. The molecule has 1 amide bonds. The summed E-state index contributed by atoms with van der Waals surface area (Å²) in [7, 11) is 0. The molecule has 2 aromatic carbocycles. The first-order chi connectivity index (χ1) is 12.7. The van der Waals surface area contributed by atoms with Gasteiger partial charge in [-0.1, -0.05) is 18.2 Å². The van der Waals surface area contributed by atoms with Gasteiger partial charge in [-0.3, -0.25) is 4.79 Å². The van der Waals surface area contributed by atoms with E-state index in [-0.39, 0.29) is 17.8 Å². The molecule has 0 saturated carbocycles. The quantitative estimate of drug-likeness (QED) is 0.704. The molecule has 0 bridgehead atoms. The van der Waals surface area contributed by atoms with Gasteiger partial charge in [0.25, 0.3) is 5.91 Å². The number of carbonyl (C=O) groups excluding carboxylic acids is 1. The maximum absolute atomic E-state index is 13.3. The van der Waals surface area contributed by atoms with Crippen LogP contribution in [0.4, 0.5) is 4.39 Å². The van der Waals surface area contributed by atoms with Crippen LogP contribution in [0.25, 0.3) is 5.69 Å². The summed E-state index contributed by atoms with van der Waals surface area (Å²) in [4.78, 5) is 15.1. The normalized spacial score (nSPS) is 17.3. The van der Waals surface area contributed by atoms with E-state index in [1.54, 1.807) is 23.0 Å². The first-order valence-corrected chi connectivity index (χ1v) is 8.89. The number of hydrogen-bond acceptors (Lipinski definition) is 2. The maximum atomic E-state index is 13.3. The van der Waals surface area contributed by atoms with Crippen molar-refractivity contribution in [3.05, 3.63) is 83.9 Å². The largest absolute Gasteiger partial charge is 0.332 e. The number of aromatic nitrogens is 2. The molecule has 1 unspecified atom stereocenters. The Balaban J connectivity index is 1.63. The van der Waals surface area contributed by atoms with Crippen LogP contribution in [-0.2, 0) is 0 Å². The lowest BCUT2D eigenvalue weighted by atomic mass is 9.94. The number of rotatable bonds is 3. The van der Waals surface area contributed by atoms with Crippen LogP contribution >= 0.6 is 0 Å². The Morgan fingerprint density at radius 1 is 1.08 bits per heavy atom. The van der Waals surface area contributed by atoms with Crippen molar-refractivity contribution in [2.24, 2.45) is 0 Å². The molecule has 0 N–H and O–H groups in total. The average Bonchev–Trinajstić information content (AvgIpc) is 3.23. The van der Waals surface area contributed by atoms with Gasteiger partial charge in [0.1, 0.15) is 5.82 Å². The summed E-state index contributed by atoms with van der Waals surface area (Å²) in [5, 5.41) is 4.23. The minimum Gasteiger partial charge on any atom is -0.332 e. The number of halogens is 1. The Morgan fingerprint density at radius 2 is 1.92 bits per heavy atom. The lowest BCUT2D eigenvalue weighted by Crippen LogP contribution is -2.38. The fourth-order valence-corrected chi connectivity index (χ4v) is 3.57. The second-order valence-corrected chi connectivity index (χ2v) is 6.56. The number of likely N-dealkylation sites (tertiary alicyclic amines) is 1. The molecular formula is C21H20FN3O. The summed E-state index contributed by atoms with van der Waals surface area (Å²) in [5.74, 6) is -0.248. The molecule has 132 valence electrons. The molecule has 1 saturated heterocycles. The van der Waals surface area contributed by atoms with E-state index < -0.39 is 0 Å². The van der Waals surface area contributed by atoms with Gasteiger partial charge in [0.2, 0.25) is 0 Å². The van der Waals surface area contributed by atoms with Crippen LogP contribution in [0.3, 0.4) is 0 Å². The summed E-state index contributed by atoms with van der Waals surface area (Å²) < 4.78 is 15.0. The van der Waals surface area contributed by atoms with E-state index in [9.17, 15) is 9.18 Å². The van der Waals surface area contributed by atoms with Gasteiger partial charge in [-0.05, 0) is 61.2 Å². The molecule has 1 aromatic heterocycles. The van der Waals surface area contributed by atoms with Crippen LogP contribution in [0.15, 0.2) is 67.0 Å². The fourth-order valence-electron chi connectivity index (χ4n) is 3.57. The molecule has 2 heterocycles. The molecule has 0 aliphatic carbocycles. The first-order valence-electron chi connectivity index (χ1n) is 8.89. The van der Waals surface area contributed by atoms with E-state index in [0.717, 1.165) is 30.5 Å². The molecule has 26 heavy (non-hydrogen) atoms. The van der Waals surface area contributed by atoms with Crippen LogP contribution in [0.1, 0.15) is 41.2 Å².